The number of fused-ring (bicyclic) bond motifs is 1. The predicted octanol–water partition coefficient (Wildman–Crippen LogP) is 7.08. The minimum absolute atomic E-state index is 0.0228. The first-order valence-electron chi connectivity index (χ1n) is 13.3. The summed E-state index contributed by atoms with van der Waals surface area (Å²) >= 11 is 6.05. The van der Waals surface area contributed by atoms with E-state index in [4.69, 9.17) is 36.3 Å². The van der Waals surface area contributed by atoms with Crippen LogP contribution in [-0.4, -0.2) is 64.9 Å². The van der Waals surface area contributed by atoms with Crippen LogP contribution in [0.5, 0.6) is 5.75 Å². The van der Waals surface area contributed by atoms with E-state index in [1.165, 1.54) is 30.2 Å². The van der Waals surface area contributed by atoms with E-state index < -0.39 is 41.4 Å². The Labute approximate surface area is 252 Å². The van der Waals surface area contributed by atoms with Gasteiger partial charge < -0.3 is 29.6 Å². The van der Waals surface area contributed by atoms with Gasteiger partial charge in [0.05, 0.1) is 35.4 Å². The number of nitrogens with zero attached hydrogens (tertiary/aromatic N) is 3. The van der Waals surface area contributed by atoms with E-state index in [1.54, 1.807) is 59.7 Å². The molecular formula is C29H36ClF3N4O6. The highest BCUT2D eigenvalue weighted by atomic mass is 35.5. The Bertz CT molecular complexity index is 1460. The Balaban J connectivity index is 1.86. The molecule has 1 amide bonds. The van der Waals surface area contributed by atoms with Gasteiger partial charge in [-0.2, -0.15) is 23.0 Å². The first-order valence-corrected chi connectivity index (χ1v) is 13.7. The van der Waals surface area contributed by atoms with Crippen molar-refractivity contribution in [1.29, 1.82) is 0 Å². The first-order chi connectivity index (χ1) is 19.8. The van der Waals surface area contributed by atoms with Crippen molar-refractivity contribution >= 4 is 40.4 Å². The number of benzene rings is 2. The lowest BCUT2D eigenvalue weighted by molar-refractivity contribution is -0.140. The van der Waals surface area contributed by atoms with E-state index in [0.29, 0.717) is 21.0 Å². The van der Waals surface area contributed by atoms with E-state index >= 15 is 0 Å². The fraction of sp³-hybridized carbons (Fsp3) is 0.483. The summed E-state index contributed by atoms with van der Waals surface area (Å²) in [6.07, 6.45) is -7.11. The Morgan fingerprint density at radius 3 is 2.23 bits per heavy atom. The summed E-state index contributed by atoms with van der Waals surface area (Å²) in [5.41, 5.74) is 3.84. The maximum absolute atomic E-state index is 13.7. The monoisotopic (exact) mass is 628 g/mol. The van der Waals surface area contributed by atoms with Crippen molar-refractivity contribution in [3.05, 3.63) is 52.7 Å². The highest BCUT2D eigenvalue weighted by molar-refractivity contribution is 6.33. The maximum atomic E-state index is 13.7. The van der Waals surface area contributed by atoms with Crippen molar-refractivity contribution in [3.8, 4) is 5.75 Å². The molecule has 2 aromatic carbocycles. The van der Waals surface area contributed by atoms with Crippen LogP contribution in [0.3, 0.4) is 0 Å². The summed E-state index contributed by atoms with van der Waals surface area (Å²) in [4.78, 5) is 27.2. The number of carbonyl (C=O) groups is 2. The van der Waals surface area contributed by atoms with Crippen molar-refractivity contribution < 1.29 is 41.7 Å². The topological polar surface area (TPSA) is 118 Å². The lowest BCUT2D eigenvalue weighted by Crippen LogP contribution is -2.41. The van der Waals surface area contributed by atoms with Crippen LogP contribution >= 0.6 is 11.6 Å². The van der Waals surface area contributed by atoms with E-state index in [-0.39, 0.29) is 36.3 Å². The molecule has 0 spiro atoms. The normalized spacial score (nSPS) is 13.1. The molecule has 0 bridgehead atoms. The summed E-state index contributed by atoms with van der Waals surface area (Å²) in [6.45, 7) is 9.95. The van der Waals surface area contributed by atoms with E-state index in [9.17, 15) is 22.8 Å². The van der Waals surface area contributed by atoms with Crippen molar-refractivity contribution in [3.63, 3.8) is 0 Å². The fourth-order valence-corrected chi connectivity index (χ4v) is 4.09. The zero-order chi connectivity index (χ0) is 32.3. The van der Waals surface area contributed by atoms with Gasteiger partial charge in [0.15, 0.2) is 5.69 Å². The van der Waals surface area contributed by atoms with Crippen LogP contribution < -0.4 is 10.5 Å². The summed E-state index contributed by atoms with van der Waals surface area (Å²) in [6, 6.07) is 8.76. The molecule has 0 saturated carbocycles. The second kappa shape index (κ2) is 12.9. The van der Waals surface area contributed by atoms with Crippen molar-refractivity contribution in [1.82, 2.24) is 14.7 Å². The average molecular weight is 629 g/mol. The second-order valence-electron chi connectivity index (χ2n) is 11.7. The summed E-state index contributed by atoms with van der Waals surface area (Å²) < 4.78 is 63.8. The predicted molar refractivity (Wildman–Crippen MR) is 155 cm³/mol. The van der Waals surface area contributed by atoms with Gasteiger partial charge in [0.1, 0.15) is 23.6 Å². The molecule has 0 saturated heterocycles. The fourth-order valence-electron chi connectivity index (χ4n) is 3.97. The number of rotatable bonds is 8. The quantitative estimate of drug-likeness (QED) is 0.263. The van der Waals surface area contributed by atoms with Crippen LogP contribution in [0, 0.1) is 0 Å². The largest absolute Gasteiger partial charge is 0.492 e. The number of hydrogen-bond donors (Lipinski definition) is 1. The van der Waals surface area contributed by atoms with Gasteiger partial charge in [-0.3, -0.25) is 0 Å². The Morgan fingerprint density at radius 2 is 1.67 bits per heavy atom. The number of hydrogen-bond acceptors (Lipinski definition) is 8. The number of carbonyl (C=O) groups excluding carboxylic acids is 2. The highest BCUT2D eigenvalue weighted by Crippen LogP contribution is 2.36. The molecule has 0 fully saturated rings. The van der Waals surface area contributed by atoms with Crippen molar-refractivity contribution in [2.24, 2.45) is 0 Å². The zero-order valence-electron chi connectivity index (χ0n) is 25.0. The third-order valence-corrected chi connectivity index (χ3v) is 6.18. The number of ether oxygens (including phenoxy) is 4. The molecular weight excluding hydrogens is 593 g/mol. The van der Waals surface area contributed by atoms with Gasteiger partial charge in [-0.1, -0.05) is 17.7 Å². The molecule has 3 aromatic rings. The van der Waals surface area contributed by atoms with Gasteiger partial charge in [-0.05, 0) is 71.4 Å². The summed E-state index contributed by atoms with van der Waals surface area (Å²) in [5.74, 6) is 0.142. The van der Waals surface area contributed by atoms with Gasteiger partial charge in [0.25, 0.3) is 0 Å². The maximum Gasteiger partial charge on any atom is 0.435 e. The molecule has 0 radical (unpaired) electrons. The molecule has 1 heterocycles. The standard InChI is InChI=1S/C29H36ClF3N4O6/c1-27(2,3)42-25(38)36(16-23(40-7)17-8-11-20(30)21(34)14-17)12-13-41-18-9-10-19-22(15-18)37(26(39)43-28(4,5)6)35-24(19)29(31,32)33/h8-11,14-15,23H,12-13,16,34H2,1-7H3/t23-/m0/s1. The smallest absolute Gasteiger partial charge is 0.435 e. The molecule has 0 aliphatic carbocycles. The van der Waals surface area contributed by atoms with Gasteiger partial charge in [0, 0.05) is 18.6 Å². The Morgan fingerprint density at radius 1 is 1.02 bits per heavy atom. The number of alkyl halides is 3. The minimum Gasteiger partial charge on any atom is -0.492 e. The van der Waals surface area contributed by atoms with Gasteiger partial charge in [0.2, 0.25) is 0 Å². The SMILES string of the molecule is CO[C@@H](CN(CCOc1ccc2c(C(F)(F)F)nn(C(=O)OC(C)(C)C)c2c1)C(=O)OC(C)(C)C)c1ccc(Cl)c(N)c1. The lowest BCUT2D eigenvalue weighted by atomic mass is 10.1. The van der Waals surface area contributed by atoms with Gasteiger partial charge >= 0.3 is 18.4 Å². The molecule has 0 aliphatic rings. The number of aromatic nitrogens is 2. The molecule has 43 heavy (non-hydrogen) atoms. The summed E-state index contributed by atoms with van der Waals surface area (Å²) in [5, 5.41) is 3.57. The van der Waals surface area contributed by atoms with Crippen LogP contribution in [0.1, 0.15) is 58.9 Å². The van der Waals surface area contributed by atoms with Crippen LogP contribution in [0.25, 0.3) is 10.9 Å². The van der Waals surface area contributed by atoms with Crippen molar-refractivity contribution in [2.45, 2.75) is 65.0 Å². The second-order valence-corrected chi connectivity index (χ2v) is 12.1. The Kier molecular flexibility index (Phi) is 10.1. The highest BCUT2D eigenvalue weighted by Gasteiger charge is 2.38. The number of halogens is 4. The van der Waals surface area contributed by atoms with Crippen LogP contribution in [0.4, 0.5) is 28.4 Å². The van der Waals surface area contributed by atoms with Gasteiger partial charge in [-0.15, -0.1) is 0 Å². The molecule has 0 aliphatic heterocycles. The zero-order valence-corrected chi connectivity index (χ0v) is 25.8. The van der Waals surface area contributed by atoms with Crippen LogP contribution in [0.2, 0.25) is 5.02 Å². The van der Waals surface area contributed by atoms with E-state index in [2.05, 4.69) is 5.10 Å². The summed E-state index contributed by atoms with van der Waals surface area (Å²) in [7, 11) is 1.48. The molecule has 2 N–H and O–H groups in total. The minimum atomic E-state index is -4.81. The molecule has 10 nitrogen and oxygen atoms in total. The first kappa shape index (κ1) is 33.8. The third-order valence-electron chi connectivity index (χ3n) is 5.83. The molecule has 0 unspecified atom stereocenters. The number of amides is 1. The molecule has 14 heteroatoms. The number of nitrogen functional groups attached to an aromatic ring is 1. The molecule has 3 rings (SSSR count). The number of methoxy groups -OCH3 is 1. The number of anilines is 1. The molecule has 1 atom stereocenters. The molecule has 236 valence electrons. The average Bonchev–Trinajstić information content (AvgIpc) is 3.25. The third kappa shape index (κ3) is 9.14. The molecule has 1 aromatic heterocycles. The number of nitrogens with two attached hydrogens (primary N) is 1. The Hall–Kier alpha value is -3.71. The van der Waals surface area contributed by atoms with E-state index in [0.717, 1.165) is 0 Å². The van der Waals surface area contributed by atoms with Crippen LogP contribution in [-0.2, 0) is 20.4 Å². The lowest BCUT2D eigenvalue weighted by Gasteiger charge is -2.30. The van der Waals surface area contributed by atoms with Gasteiger partial charge in [-0.25, -0.2) is 9.59 Å². The van der Waals surface area contributed by atoms with Crippen molar-refractivity contribution in [2.75, 3.05) is 32.5 Å². The van der Waals surface area contributed by atoms with E-state index in [1.807, 2.05) is 0 Å². The van der Waals surface area contributed by atoms with Crippen LogP contribution in [0.15, 0.2) is 36.4 Å².